The Morgan fingerprint density at radius 2 is 2.30 bits per heavy atom. The van der Waals surface area contributed by atoms with Gasteiger partial charge in [0.05, 0.1) is 40.9 Å². The third-order valence-electron chi connectivity index (χ3n) is 4.61. The van der Waals surface area contributed by atoms with Crippen LogP contribution in [0.2, 0.25) is 5.02 Å². The SMILES string of the molecule is CC(C)C1(CC(=O)O)OCCc2c1[nH]c1c(Cl)ccc(C#N)c21. The largest absolute Gasteiger partial charge is 0.481 e. The molecule has 23 heavy (non-hydrogen) atoms. The number of carboxylic acids is 1. The Balaban J connectivity index is 2.35. The highest BCUT2D eigenvalue weighted by molar-refractivity contribution is 6.35. The summed E-state index contributed by atoms with van der Waals surface area (Å²) in [6.07, 6.45) is 0.489. The number of rotatable bonds is 3. The minimum Gasteiger partial charge on any atom is -0.481 e. The molecule has 2 N–H and O–H groups in total. The molecule has 1 aliphatic rings. The van der Waals surface area contributed by atoms with E-state index in [-0.39, 0.29) is 12.3 Å². The Bertz CT molecular complexity index is 834. The van der Waals surface area contributed by atoms with Crippen LogP contribution in [0.3, 0.4) is 0 Å². The number of nitriles is 1. The number of hydrogen-bond acceptors (Lipinski definition) is 3. The molecule has 0 amide bonds. The molecule has 2 heterocycles. The van der Waals surface area contributed by atoms with Crippen LogP contribution in [0.5, 0.6) is 0 Å². The number of aromatic nitrogens is 1. The van der Waals surface area contributed by atoms with E-state index in [2.05, 4.69) is 11.1 Å². The second-order valence-corrected chi connectivity index (χ2v) is 6.56. The van der Waals surface area contributed by atoms with Crippen molar-refractivity contribution in [1.82, 2.24) is 4.98 Å². The molecule has 2 aromatic rings. The van der Waals surface area contributed by atoms with Crippen molar-refractivity contribution < 1.29 is 14.6 Å². The predicted molar refractivity (Wildman–Crippen MR) is 86.4 cm³/mol. The average molecular weight is 333 g/mol. The quantitative estimate of drug-likeness (QED) is 0.899. The van der Waals surface area contributed by atoms with Crippen molar-refractivity contribution in [3.63, 3.8) is 0 Å². The molecule has 0 spiro atoms. The van der Waals surface area contributed by atoms with Gasteiger partial charge >= 0.3 is 5.97 Å². The number of nitrogens with zero attached hydrogens (tertiary/aromatic N) is 1. The zero-order chi connectivity index (χ0) is 16.8. The summed E-state index contributed by atoms with van der Waals surface area (Å²) in [5.41, 5.74) is 1.96. The molecule has 1 aromatic heterocycles. The molecule has 5 nitrogen and oxygen atoms in total. The minimum absolute atomic E-state index is 0.0463. The number of H-pyrrole nitrogens is 1. The molecule has 0 bridgehead atoms. The van der Waals surface area contributed by atoms with E-state index < -0.39 is 11.6 Å². The third kappa shape index (κ3) is 2.30. The number of halogens is 1. The molecule has 1 atom stereocenters. The number of benzene rings is 1. The van der Waals surface area contributed by atoms with Gasteiger partial charge in [0, 0.05) is 5.39 Å². The first kappa shape index (κ1) is 15.9. The summed E-state index contributed by atoms with van der Waals surface area (Å²) in [7, 11) is 0. The molecular weight excluding hydrogens is 316 g/mol. The molecule has 0 radical (unpaired) electrons. The van der Waals surface area contributed by atoms with Crippen LogP contribution < -0.4 is 0 Å². The number of carbonyl (C=O) groups is 1. The van der Waals surface area contributed by atoms with Gasteiger partial charge in [-0.1, -0.05) is 25.4 Å². The predicted octanol–water partition coefficient (Wildman–Crippen LogP) is 3.59. The molecular formula is C17H17ClN2O3. The van der Waals surface area contributed by atoms with Crippen molar-refractivity contribution in [2.24, 2.45) is 5.92 Å². The zero-order valence-corrected chi connectivity index (χ0v) is 13.7. The van der Waals surface area contributed by atoms with Crippen LogP contribution in [0.1, 0.15) is 37.1 Å². The highest BCUT2D eigenvalue weighted by atomic mass is 35.5. The van der Waals surface area contributed by atoms with Gasteiger partial charge in [-0.15, -0.1) is 0 Å². The molecule has 1 aromatic carbocycles. The maximum absolute atomic E-state index is 11.4. The van der Waals surface area contributed by atoms with Crippen LogP contribution in [0.15, 0.2) is 12.1 Å². The lowest BCUT2D eigenvalue weighted by atomic mass is 9.79. The number of nitrogens with one attached hydrogen (secondary N) is 1. The van der Waals surface area contributed by atoms with Gasteiger partial charge in [0.25, 0.3) is 0 Å². The van der Waals surface area contributed by atoms with Crippen LogP contribution in [0.25, 0.3) is 10.9 Å². The second-order valence-electron chi connectivity index (χ2n) is 6.15. The highest BCUT2D eigenvalue weighted by Crippen LogP contribution is 2.45. The summed E-state index contributed by atoms with van der Waals surface area (Å²) in [6, 6.07) is 5.57. The number of hydrogen-bond donors (Lipinski definition) is 2. The van der Waals surface area contributed by atoms with Crippen molar-refractivity contribution in [2.75, 3.05) is 6.61 Å². The zero-order valence-electron chi connectivity index (χ0n) is 12.9. The lowest BCUT2D eigenvalue weighted by Crippen LogP contribution is -2.42. The normalized spacial score (nSPS) is 20.5. The Hall–Kier alpha value is -2.03. The monoisotopic (exact) mass is 332 g/mol. The van der Waals surface area contributed by atoms with E-state index in [0.717, 1.165) is 16.6 Å². The smallest absolute Gasteiger partial charge is 0.306 e. The maximum atomic E-state index is 11.4. The van der Waals surface area contributed by atoms with Crippen LogP contribution in [-0.4, -0.2) is 22.7 Å². The van der Waals surface area contributed by atoms with Gasteiger partial charge in [-0.05, 0) is 30.0 Å². The maximum Gasteiger partial charge on any atom is 0.306 e. The molecule has 3 rings (SSSR count). The Morgan fingerprint density at radius 3 is 2.91 bits per heavy atom. The molecule has 0 saturated carbocycles. The van der Waals surface area contributed by atoms with Gasteiger partial charge in [-0.3, -0.25) is 4.79 Å². The number of ether oxygens (including phenoxy) is 1. The Morgan fingerprint density at radius 1 is 1.57 bits per heavy atom. The Kier molecular flexibility index (Phi) is 3.83. The van der Waals surface area contributed by atoms with E-state index in [1.807, 2.05) is 13.8 Å². The number of aliphatic carboxylic acids is 1. The summed E-state index contributed by atoms with van der Waals surface area (Å²) in [6.45, 7) is 4.30. The van der Waals surface area contributed by atoms with Gasteiger partial charge in [0.2, 0.25) is 0 Å². The van der Waals surface area contributed by atoms with Crippen LogP contribution in [0, 0.1) is 17.2 Å². The summed E-state index contributed by atoms with van der Waals surface area (Å²) in [5, 5.41) is 20.1. The Labute approximate surface area is 138 Å². The van der Waals surface area contributed by atoms with Crippen molar-refractivity contribution >= 4 is 28.5 Å². The van der Waals surface area contributed by atoms with Gasteiger partial charge in [0.1, 0.15) is 5.60 Å². The van der Waals surface area contributed by atoms with E-state index in [1.54, 1.807) is 12.1 Å². The van der Waals surface area contributed by atoms with Crippen LogP contribution in [-0.2, 0) is 21.6 Å². The van der Waals surface area contributed by atoms with Crippen molar-refractivity contribution in [3.05, 3.63) is 34.0 Å². The minimum atomic E-state index is -0.936. The summed E-state index contributed by atoms with van der Waals surface area (Å²) in [5.74, 6) is -0.966. The lowest BCUT2D eigenvalue weighted by molar-refractivity contribution is -0.154. The average Bonchev–Trinajstić information content (AvgIpc) is 2.89. The molecule has 0 saturated heterocycles. The fraction of sp³-hybridized carbons (Fsp3) is 0.412. The molecule has 1 aliphatic heterocycles. The number of carboxylic acid groups (broad SMARTS) is 1. The van der Waals surface area contributed by atoms with E-state index in [9.17, 15) is 15.2 Å². The number of fused-ring (bicyclic) bond motifs is 3. The second kappa shape index (κ2) is 5.55. The standard InChI is InChI=1S/C17H17ClN2O3/c1-9(2)17(7-13(21)22)16-11(5-6-23-17)14-10(8-19)3-4-12(18)15(14)20-16/h3-4,9,20H,5-7H2,1-2H3,(H,21,22). The highest BCUT2D eigenvalue weighted by Gasteiger charge is 2.45. The van der Waals surface area contributed by atoms with E-state index in [4.69, 9.17) is 16.3 Å². The first-order valence-corrected chi connectivity index (χ1v) is 7.88. The first-order valence-electron chi connectivity index (χ1n) is 7.50. The lowest BCUT2D eigenvalue weighted by Gasteiger charge is -2.39. The summed E-state index contributed by atoms with van der Waals surface area (Å²) in [4.78, 5) is 14.7. The third-order valence-corrected chi connectivity index (χ3v) is 4.92. The molecule has 1 unspecified atom stereocenters. The fourth-order valence-corrected chi connectivity index (χ4v) is 3.68. The van der Waals surface area contributed by atoms with Gasteiger partial charge in [0.15, 0.2) is 0 Å². The fourth-order valence-electron chi connectivity index (χ4n) is 3.47. The van der Waals surface area contributed by atoms with E-state index >= 15 is 0 Å². The van der Waals surface area contributed by atoms with Crippen molar-refractivity contribution in [1.29, 1.82) is 5.26 Å². The first-order chi connectivity index (χ1) is 10.9. The molecule has 0 aliphatic carbocycles. The molecule has 120 valence electrons. The van der Waals surface area contributed by atoms with Gasteiger partial charge in [-0.2, -0.15) is 5.26 Å². The summed E-state index contributed by atoms with van der Waals surface area (Å²) < 4.78 is 5.97. The number of aromatic amines is 1. The summed E-state index contributed by atoms with van der Waals surface area (Å²) >= 11 is 6.29. The molecule has 0 fully saturated rings. The van der Waals surface area contributed by atoms with Crippen molar-refractivity contribution in [2.45, 2.75) is 32.3 Å². The van der Waals surface area contributed by atoms with Crippen LogP contribution >= 0.6 is 11.6 Å². The van der Waals surface area contributed by atoms with Crippen LogP contribution in [0.4, 0.5) is 0 Å². The molecule has 6 heteroatoms. The van der Waals surface area contributed by atoms with E-state index in [0.29, 0.717) is 29.1 Å². The van der Waals surface area contributed by atoms with Crippen molar-refractivity contribution in [3.8, 4) is 6.07 Å². The van der Waals surface area contributed by atoms with Gasteiger partial charge < -0.3 is 14.8 Å². The topological polar surface area (TPSA) is 86.1 Å². The van der Waals surface area contributed by atoms with Gasteiger partial charge in [-0.25, -0.2) is 0 Å². The van der Waals surface area contributed by atoms with E-state index in [1.165, 1.54) is 0 Å².